The van der Waals surface area contributed by atoms with Gasteiger partial charge in [0.25, 0.3) is 0 Å². The molecule has 2 aliphatic rings. The Hall–Kier alpha value is -2.36. The van der Waals surface area contributed by atoms with E-state index in [1.807, 2.05) is 6.07 Å². The van der Waals surface area contributed by atoms with Gasteiger partial charge in [0.05, 0.1) is 0 Å². The fourth-order valence-corrected chi connectivity index (χ4v) is 9.45. The monoisotopic (exact) mass is 646 g/mol. The molecule has 1 atom stereocenters. The van der Waals surface area contributed by atoms with Crippen LogP contribution in [0, 0.1) is 0 Å². The van der Waals surface area contributed by atoms with Crippen LogP contribution in [0.25, 0.3) is 0 Å². The van der Waals surface area contributed by atoms with Gasteiger partial charge in [0.15, 0.2) is 0 Å². The van der Waals surface area contributed by atoms with E-state index >= 15 is 0 Å². The van der Waals surface area contributed by atoms with E-state index in [2.05, 4.69) is 26.7 Å². The predicted molar refractivity (Wildman–Crippen MR) is 159 cm³/mol. The Bertz CT molecular complexity index is 1450. The molecule has 3 N–H and O–H groups in total. The van der Waals surface area contributed by atoms with Gasteiger partial charge >= 0.3 is 170 Å². The van der Waals surface area contributed by atoms with Gasteiger partial charge in [-0.2, -0.15) is 4.31 Å². The number of aliphatic hydroxyl groups is 1. The normalized spacial score (nSPS) is 18.0. The van der Waals surface area contributed by atoms with Gasteiger partial charge in [-0.15, -0.1) is 0 Å². The van der Waals surface area contributed by atoms with Crippen molar-refractivity contribution in [3.63, 3.8) is 0 Å². The molecule has 3 aromatic rings. The molecule has 0 saturated carbocycles. The topological polar surface area (TPSA) is 117 Å². The van der Waals surface area contributed by atoms with Gasteiger partial charge in [-0.05, 0) is 25.0 Å². The summed E-state index contributed by atoms with van der Waals surface area (Å²) in [4.78, 5) is 9.14. The van der Waals surface area contributed by atoms with Crippen LogP contribution < -0.4 is 15.4 Å². The van der Waals surface area contributed by atoms with Crippen molar-refractivity contribution in [2.75, 3.05) is 37.4 Å². The summed E-state index contributed by atoms with van der Waals surface area (Å²) >= 11 is 6.60. The number of methoxy groups -OCH3 is 1. The molecule has 213 valence electrons. The summed E-state index contributed by atoms with van der Waals surface area (Å²) in [5.41, 5.74) is 3.66. The van der Waals surface area contributed by atoms with Crippen molar-refractivity contribution >= 4 is 60.5 Å². The van der Waals surface area contributed by atoms with Gasteiger partial charge < -0.3 is 0 Å². The summed E-state index contributed by atoms with van der Waals surface area (Å²) < 4.78 is 34.7. The van der Waals surface area contributed by atoms with Crippen molar-refractivity contribution < 1.29 is 18.3 Å². The van der Waals surface area contributed by atoms with Crippen LogP contribution in [0.3, 0.4) is 0 Å². The number of aromatic nitrogens is 2. The van der Waals surface area contributed by atoms with E-state index in [1.165, 1.54) is 21.6 Å². The van der Waals surface area contributed by atoms with E-state index in [4.69, 9.17) is 16.3 Å². The molecule has 2 aromatic carbocycles. The molecular weight excluding hydrogens is 613 g/mol. The molecule has 1 fully saturated rings. The molecule has 12 heteroatoms. The summed E-state index contributed by atoms with van der Waals surface area (Å²) in [6.07, 6.45) is 7.38. The second-order valence-corrected chi connectivity index (χ2v) is 15.4. The van der Waals surface area contributed by atoms with Gasteiger partial charge in [-0.1, -0.05) is 12.1 Å². The minimum absolute atomic E-state index is 0.146. The van der Waals surface area contributed by atoms with Crippen LogP contribution in [0.4, 0.5) is 23.1 Å². The first-order valence-electron chi connectivity index (χ1n) is 13.5. The van der Waals surface area contributed by atoms with Gasteiger partial charge in [0.1, 0.15) is 4.90 Å². The van der Waals surface area contributed by atoms with Crippen molar-refractivity contribution in [3.05, 3.63) is 58.7 Å². The second-order valence-electron chi connectivity index (χ2n) is 9.89. The first-order chi connectivity index (χ1) is 19.4. The number of aryl methyl sites for hydroxylation is 1. The average Bonchev–Trinajstić information content (AvgIpc) is 3.44. The summed E-state index contributed by atoms with van der Waals surface area (Å²) in [5.74, 6) is 1.39. The number of ether oxygens (including phenoxy) is 1. The number of rotatable bonds is 10. The van der Waals surface area contributed by atoms with Crippen LogP contribution in [0.15, 0.2) is 47.5 Å². The molecule has 1 aromatic heterocycles. The predicted octanol–water partition coefficient (Wildman–Crippen LogP) is 5.19. The van der Waals surface area contributed by atoms with Crippen LogP contribution in [0.2, 0.25) is 14.9 Å². The molecule has 1 unspecified atom stereocenters. The van der Waals surface area contributed by atoms with Crippen molar-refractivity contribution in [2.24, 2.45) is 0 Å². The van der Waals surface area contributed by atoms with Crippen LogP contribution in [0.1, 0.15) is 36.8 Å². The standard InChI is InChI=1S/C28H34AsClN5O4S/c1-39-26-21-12-11-20(29-14-17-36)10-8-19(21)9-13-24(26)33-28-31-18-22(30)27(34-28)32-23-6-2-3-7-25(23)40(37,38)35-15-4-5-16-35/h2-3,6-7,9,13,18,20,36H,4-5,8,10-12,14-17H2,1H3,(H2,31,32,33,34). The summed E-state index contributed by atoms with van der Waals surface area (Å²) in [5, 5.41) is 16.9. The van der Waals surface area contributed by atoms with E-state index in [0.29, 0.717) is 35.2 Å². The first-order valence-corrected chi connectivity index (χ1v) is 17.8. The molecule has 1 radical (unpaired) electrons. The number of halogens is 1. The zero-order valence-corrected chi connectivity index (χ0v) is 25.9. The van der Waals surface area contributed by atoms with Gasteiger partial charge in [-0.3, -0.25) is 0 Å². The number of fused-ring (bicyclic) bond motifs is 1. The first kappa shape index (κ1) is 29.1. The molecule has 0 amide bonds. The van der Waals surface area contributed by atoms with Crippen LogP contribution >= 0.6 is 11.6 Å². The third-order valence-corrected chi connectivity index (χ3v) is 12.7. The Balaban J connectivity index is 1.39. The Kier molecular flexibility index (Phi) is 9.53. The molecular formula is C28H34AsClN5O4S. The third kappa shape index (κ3) is 6.42. The summed E-state index contributed by atoms with van der Waals surface area (Å²) in [6, 6.07) is 10.9. The fraction of sp³-hybridized carbons (Fsp3) is 0.429. The maximum absolute atomic E-state index is 13.3. The zero-order chi connectivity index (χ0) is 28.1. The molecule has 0 spiro atoms. The molecule has 5 rings (SSSR count). The number of hydrogen-bond donors (Lipinski definition) is 3. The molecule has 1 saturated heterocycles. The van der Waals surface area contributed by atoms with E-state index in [9.17, 15) is 13.5 Å². The number of benzene rings is 2. The number of aliphatic hydroxyl groups excluding tert-OH is 1. The molecule has 2 heterocycles. The van der Waals surface area contributed by atoms with Crippen molar-refractivity contribution in [3.8, 4) is 5.75 Å². The fourth-order valence-electron chi connectivity index (χ4n) is 5.33. The third-order valence-electron chi connectivity index (χ3n) is 7.34. The Labute approximate surface area is 247 Å². The van der Waals surface area contributed by atoms with Crippen molar-refractivity contribution in [1.29, 1.82) is 0 Å². The number of anilines is 4. The van der Waals surface area contributed by atoms with Crippen LogP contribution in [-0.2, 0) is 22.9 Å². The van der Waals surface area contributed by atoms with Crippen molar-refractivity contribution in [1.82, 2.24) is 14.3 Å². The zero-order valence-electron chi connectivity index (χ0n) is 22.4. The number of hydrogen-bond acceptors (Lipinski definition) is 8. The second kappa shape index (κ2) is 13.1. The SMILES string of the molecule is COc1c(Nc2ncc(Cl)c(Nc3ccccc3S(=O)(=O)N3CCCC3)n2)ccc2c1CCC([As]CCO)CC2. The van der Waals surface area contributed by atoms with Gasteiger partial charge in [-0.25, -0.2) is 8.42 Å². The molecule has 0 bridgehead atoms. The number of para-hydroxylation sites is 1. The quantitative estimate of drug-likeness (QED) is 0.204. The van der Waals surface area contributed by atoms with E-state index in [1.54, 1.807) is 31.4 Å². The molecule has 9 nitrogen and oxygen atoms in total. The number of nitrogens with zero attached hydrogens (tertiary/aromatic N) is 3. The minimum atomic E-state index is -3.65. The van der Waals surface area contributed by atoms with Crippen molar-refractivity contribution in [2.45, 2.75) is 53.3 Å². The summed E-state index contributed by atoms with van der Waals surface area (Å²) in [6.45, 7) is 1.32. The van der Waals surface area contributed by atoms with Crippen LogP contribution in [-0.4, -0.2) is 70.4 Å². The summed E-state index contributed by atoms with van der Waals surface area (Å²) in [7, 11) is -1.97. The molecule has 1 aliphatic carbocycles. The van der Waals surface area contributed by atoms with Crippen LogP contribution in [0.5, 0.6) is 5.75 Å². The van der Waals surface area contributed by atoms with E-state index < -0.39 is 10.0 Å². The Morgan fingerprint density at radius 2 is 1.88 bits per heavy atom. The Morgan fingerprint density at radius 1 is 1.10 bits per heavy atom. The maximum atomic E-state index is 13.3. The number of sulfonamides is 1. The van der Waals surface area contributed by atoms with Gasteiger partial charge in [0, 0.05) is 13.1 Å². The molecule has 1 aliphatic heterocycles. The Morgan fingerprint density at radius 3 is 2.65 bits per heavy atom. The molecule has 40 heavy (non-hydrogen) atoms. The van der Waals surface area contributed by atoms with Gasteiger partial charge in [0.2, 0.25) is 10.0 Å². The number of nitrogens with one attached hydrogen (secondary N) is 2. The average molecular weight is 647 g/mol. The van der Waals surface area contributed by atoms with E-state index in [0.717, 1.165) is 55.2 Å². The van der Waals surface area contributed by atoms with E-state index in [-0.39, 0.29) is 32.3 Å².